The molecule has 1 unspecified atom stereocenters. The van der Waals surface area contributed by atoms with Crippen LogP contribution >= 0.6 is 0 Å². The first-order valence-electron chi connectivity index (χ1n) is 18.6. The fourth-order valence-electron chi connectivity index (χ4n) is 6.68. The summed E-state index contributed by atoms with van der Waals surface area (Å²) in [7, 11) is 0. The molecular weight excluding hydrogens is 697 g/mol. The van der Waals surface area contributed by atoms with Crippen LogP contribution in [0.1, 0.15) is 70.7 Å². The van der Waals surface area contributed by atoms with Crippen molar-refractivity contribution in [2.24, 2.45) is 17.4 Å². The molecule has 0 spiro atoms. The Morgan fingerprint density at radius 2 is 1.60 bits per heavy atom. The van der Waals surface area contributed by atoms with Crippen molar-refractivity contribution in [3.63, 3.8) is 0 Å². The van der Waals surface area contributed by atoms with Crippen LogP contribution in [0.25, 0.3) is 22.5 Å². The van der Waals surface area contributed by atoms with Crippen LogP contribution in [0.2, 0.25) is 0 Å². The van der Waals surface area contributed by atoms with Gasteiger partial charge in [-0.1, -0.05) is 68.4 Å². The molecule has 1 aromatic heterocycles. The molecule has 0 fully saturated rings. The van der Waals surface area contributed by atoms with Crippen LogP contribution in [-0.2, 0) is 38.4 Å². The maximum absolute atomic E-state index is 14.0. The molecule has 13 nitrogen and oxygen atoms in total. The normalized spacial score (nSPS) is 15.0. The molecule has 0 radical (unpaired) electrons. The third-order valence-electron chi connectivity index (χ3n) is 9.61. The highest BCUT2D eigenvalue weighted by molar-refractivity contribution is 6.04. The molecule has 55 heavy (non-hydrogen) atoms. The molecule has 5 rings (SSSR count). The first-order chi connectivity index (χ1) is 26.2. The lowest BCUT2D eigenvalue weighted by Gasteiger charge is -2.23. The van der Waals surface area contributed by atoms with Gasteiger partial charge in [-0.2, -0.15) is 0 Å². The second-order valence-electron chi connectivity index (χ2n) is 14.5. The second kappa shape index (κ2) is 17.9. The topological polar surface area (TPSA) is 211 Å². The quantitative estimate of drug-likeness (QED) is 0.133. The van der Waals surface area contributed by atoms with Gasteiger partial charge in [0.15, 0.2) is 5.82 Å². The highest BCUT2D eigenvalue weighted by atomic mass is 16.2. The smallest absolute Gasteiger partial charge is 0.255 e. The van der Waals surface area contributed by atoms with E-state index < -0.39 is 35.7 Å². The number of hydrogen-bond acceptors (Lipinski definition) is 8. The van der Waals surface area contributed by atoms with Crippen molar-refractivity contribution in [3.05, 3.63) is 99.9 Å². The van der Waals surface area contributed by atoms with Gasteiger partial charge in [0.25, 0.3) is 5.91 Å². The van der Waals surface area contributed by atoms with Crippen LogP contribution in [-0.4, -0.2) is 64.7 Å². The Balaban J connectivity index is 1.42. The van der Waals surface area contributed by atoms with Crippen molar-refractivity contribution in [1.82, 2.24) is 25.9 Å². The largest absolute Gasteiger partial charge is 0.368 e. The minimum atomic E-state index is -1.04. The van der Waals surface area contributed by atoms with Crippen molar-refractivity contribution in [1.29, 1.82) is 0 Å². The van der Waals surface area contributed by atoms with Gasteiger partial charge in [-0.15, -0.1) is 0 Å². The van der Waals surface area contributed by atoms with Crippen LogP contribution in [0.3, 0.4) is 0 Å². The fourth-order valence-corrected chi connectivity index (χ4v) is 6.68. The van der Waals surface area contributed by atoms with Crippen molar-refractivity contribution >= 4 is 35.2 Å². The van der Waals surface area contributed by atoms with E-state index in [1.165, 1.54) is 5.56 Å². The summed E-state index contributed by atoms with van der Waals surface area (Å²) in [6, 6.07) is 17.0. The van der Waals surface area contributed by atoms with Crippen LogP contribution < -0.4 is 32.7 Å². The second-order valence-corrected chi connectivity index (χ2v) is 14.5. The lowest BCUT2D eigenvalue weighted by Crippen LogP contribution is -2.49. The van der Waals surface area contributed by atoms with Gasteiger partial charge in [-0.3, -0.25) is 24.0 Å². The summed E-state index contributed by atoms with van der Waals surface area (Å²) >= 11 is 0. The first kappa shape index (κ1) is 40.2. The average Bonchev–Trinajstić information content (AvgIpc) is 3.13. The zero-order valence-electron chi connectivity index (χ0n) is 32.0. The minimum absolute atomic E-state index is 0.000410. The van der Waals surface area contributed by atoms with Gasteiger partial charge >= 0.3 is 0 Å². The van der Waals surface area contributed by atoms with Crippen LogP contribution in [0, 0.1) is 26.7 Å². The fraction of sp³-hybridized carbons (Fsp3) is 0.357. The molecule has 4 bridgehead atoms. The maximum atomic E-state index is 14.0. The summed E-state index contributed by atoms with van der Waals surface area (Å²) in [6.45, 7) is 9.52. The number of rotatable bonds is 11. The first-order valence-corrected chi connectivity index (χ1v) is 18.6. The number of carbonyl (C=O) groups is 5. The predicted molar refractivity (Wildman–Crippen MR) is 212 cm³/mol. The van der Waals surface area contributed by atoms with Crippen molar-refractivity contribution in [3.8, 4) is 22.5 Å². The number of aromatic nitrogens is 2. The maximum Gasteiger partial charge on any atom is 0.255 e. The molecule has 5 amide bonds. The molecule has 1 aliphatic rings. The van der Waals surface area contributed by atoms with E-state index in [1.807, 2.05) is 37.3 Å². The van der Waals surface area contributed by atoms with Crippen LogP contribution in [0.4, 0.5) is 5.69 Å². The Hall–Kier alpha value is -5.95. The number of hydrogen-bond donors (Lipinski definition) is 6. The molecule has 13 heteroatoms. The zero-order valence-corrected chi connectivity index (χ0v) is 32.0. The van der Waals surface area contributed by atoms with E-state index in [4.69, 9.17) is 11.5 Å². The standard InChI is InChI=1S/C42H50N8O5/c1-23(2)9-10-27-11-13-30(14-12-27)40-46-25(4)37(26(5)47-40)42(55)49-33(15-16-43)41(54)50-38-24(3)17-29-19-32(38)31-8-6-7-28(18-31)21-35(51)45-22-36(52)48-34(20-29)39(44)53/h6-8,11-14,17-19,23,33-34H,9-10,15-16,20-22,43H2,1-5H3,(H2,44,53)(H,45,51)(H,48,52)(H,49,55)(H,50,54)/t33-,34?/m0/s1. The molecular formula is C42H50N8O5. The van der Waals surface area contributed by atoms with Crippen molar-refractivity contribution in [2.45, 2.75) is 78.8 Å². The highest BCUT2D eigenvalue weighted by Gasteiger charge is 2.27. The molecule has 288 valence electrons. The monoisotopic (exact) mass is 746 g/mol. The molecule has 2 atom stereocenters. The Morgan fingerprint density at radius 3 is 2.25 bits per heavy atom. The number of anilines is 1. The number of fused-ring (bicyclic) bond motifs is 5. The molecule has 4 aromatic rings. The molecule has 8 N–H and O–H groups in total. The summed E-state index contributed by atoms with van der Waals surface area (Å²) in [5, 5.41) is 11.1. The SMILES string of the molecule is Cc1cc2cc(c1NC(=O)[C@H](CCN)NC(=O)c1c(C)nc(-c3ccc(CCC(C)C)cc3)nc1C)-c1cccc(c1)CC(=O)NCC(=O)NC(C(N)=O)C2. The Kier molecular flexibility index (Phi) is 13.1. The summed E-state index contributed by atoms with van der Waals surface area (Å²) in [5.74, 6) is -1.53. The van der Waals surface area contributed by atoms with E-state index in [2.05, 4.69) is 57.2 Å². The van der Waals surface area contributed by atoms with E-state index in [1.54, 1.807) is 32.0 Å². The Labute approximate surface area is 321 Å². The summed E-state index contributed by atoms with van der Waals surface area (Å²) in [6.07, 6.45) is 2.31. The summed E-state index contributed by atoms with van der Waals surface area (Å²) < 4.78 is 0. The Bertz CT molecular complexity index is 2070. The lowest BCUT2D eigenvalue weighted by molar-refractivity contribution is -0.128. The summed E-state index contributed by atoms with van der Waals surface area (Å²) in [4.78, 5) is 74.8. The van der Waals surface area contributed by atoms with Crippen LogP contribution in [0.15, 0.2) is 60.7 Å². The van der Waals surface area contributed by atoms with E-state index >= 15 is 0 Å². The lowest BCUT2D eigenvalue weighted by atomic mass is 9.93. The molecule has 2 heterocycles. The summed E-state index contributed by atoms with van der Waals surface area (Å²) in [5.41, 5.74) is 18.7. The molecule has 1 aliphatic heterocycles. The molecule has 0 aliphatic carbocycles. The number of benzene rings is 3. The number of amides is 5. The molecule has 3 aromatic carbocycles. The predicted octanol–water partition coefficient (Wildman–Crippen LogP) is 3.60. The van der Waals surface area contributed by atoms with Gasteiger partial charge in [0, 0.05) is 17.5 Å². The van der Waals surface area contributed by atoms with Crippen molar-refractivity contribution in [2.75, 3.05) is 18.4 Å². The number of aryl methyl sites for hydroxylation is 4. The van der Waals surface area contributed by atoms with E-state index in [0.717, 1.165) is 18.4 Å². The Morgan fingerprint density at radius 1 is 0.891 bits per heavy atom. The zero-order chi connectivity index (χ0) is 39.8. The number of primary amides is 1. The third kappa shape index (κ3) is 10.4. The van der Waals surface area contributed by atoms with E-state index in [0.29, 0.717) is 56.6 Å². The highest BCUT2D eigenvalue weighted by Crippen LogP contribution is 2.34. The average molecular weight is 747 g/mol. The number of carbonyl (C=O) groups excluding carboxylic acids is 5. The van der Waals surface area contributed by atoms with Gasteiger partial charge in [-0.25, -0.2) is 9.97 Å². The van der Waals surface area contributed by atoms with Gasteiger partial charge in [0.2, 0.25) is 23.6 Å². The third-order valence-corrected chi connectivity index (χ3v) is 9.61. The van der Waals surface area contributed by atoms with Gasteiger partial charge < -0.3 is 32.7 Å². The van der Waals surface area contributed by atoms with Gasteiger partial charge in [-0.05, 0) is 86.4 Å². The number of nitrogens with one attached hydrogen (secondary N) is 4. The number of nitrogens with two attached hydrogens (primary N) is 2. The molecule has 0 saturated carbocycles. The minimum Gasteiger partial charge on any atom is -0.368 e. The van der Waals surface area contributed by atoms with Gasteiger partial charge in [0.05, 0.1) is 35.6 Å². The van der Waals surface area contributed by atoms with E-state index in [9.17, 15) is 24.0 Å². The number of nitrogens with zero attached hydrogens (tertiary/aromatic N) is 2. The van der Waals surface area contributed by atoms with Crippen LogP contribution in [0.5, 0.6) is 0 Å². The molecule has 0 saturated heterocycles. The van der Waals surface area contributed by atoms with E-state index in [-0.39, 0.29) is 43.8 Å². The van der Waals surface area contributed by atoms with Gasteiger partial charge in [0.1, 0.15) is 12.1 Å². The van der Waals surface area contributed by atoms with Crippen molar-refractivity contribution < 1.29 is 24.0 Å².